The number of nitrogens with zero attached hydrogens (tertiary/aromatic N) is 1. The monoisotopic (exact) mass is 379 g/mol. The Balaban J connectivity index is 1.81. The summed E-state index contributed by atoms with van der Waals surface area (Å²) < 4.78 is 0. The van der Waals surface area contributed by atoms with Gasteiger partial charge in [-0.15, -0.1) is 0 Å². The van der Waals surface area contributed by atoms with Crippen LogP contribution in [-0.4, -0.2) is 35.7 Å². The standard InChI is InChI=1S/C22H25N3O3/c1-15-10-11-18(13-19(15)23-16(2)26)22(28)24-20(17-7-4-3-5-8-17)14-25-12-6-9-21(25)27/h3-5,7-8,10-11,13,20H,6,9,12,14H2,1-2H3,(H,23,26)(H,24,28). The van der Waals surface area contributed by atoms with Gasteiger partial charge in [-0.2, -0.15) is 0 Å². The molecule has 2 aromatic rings. The summed E-state index contributed by atoms with van der Waals surface area (Å²) in [5.74, 6) is -0.305. The van der Waals surface area contributed by atoms with Crippen molar-refractivity contribution in [3.8, 4) is 0 Å². The van der Waals surface area contributed by atoms with Crippen molar-refractivity contribution in [1.29, 1.82) is 0 Å². The van der Waals surface area contributed by atoms with Gasteiger partial charge in [0.25, 0.3) is 5.91 Å². The van der Waals surface area contributed by atoms with Gasteiger partial charge in [0.1, 0.15) is 0 Å². The molecule has 1 heterocycles. The highest BCUT2D eigenvalue weighted by atomic mass is 16.2. The molecule has 0 radical (unpaired) electrons. The third-order valence-corrected chi connectivity index (χ3v) is 4.89. The number of rotatable bonds is 6. The van der Waals surface area contributed by atoms with Crippen LogP contribution in [0.5, 0.6) is 0 Å². The summed E-state index contributed by atoms with van der Waals surface area (Å²) in [4.78, 5) is 38.1. The molecular formula is C22H25N3O3. The zero-order valence-electron chi connectivity index (χ0n) is 16.2. The molecule has 0 aromatic heterocycles. The minimum absolute atomic E-state index is 0.124. The molecule has 146 valence electrons. The van der Waals surface area contributed by atoms with E-state index in [0.29, 0.717) is 24.2 Å². The molecule has 6 nitrogen and oxygen atoms in total. The third-order valence-electron chi connectivity index (χ3n) is 4.89. The minimum Gasteiger partial charge on any atom is -0.343 e. The predicted molar refractivity (Wildman–Crippen MR) is 108 cm³/mol. The largest absolute Gasteiger partial charge is 0.343 e. The van der Waals surface area contributed by atoms with E-state index in [9.17, 15) is 14.4 Å². The quantitative estimate of drug-likeness (QED) is 0.810. The molecule has 2 aromatic carbocycles. The van der Waals surface area contributed by atoms with E-state index >= 15 is 0 Å². The first-order valence-corrected chi connectivity index (χ1v) is 9.46. The molecule has 2 N–H and O–H groups in total. The summed E-state index contributed by atoms with van der Waals surface area (Å²) >= 11 is 0. The van der Waals surface area contributed by atoms with Crippen molar-refractivity contribution in [2.45, 2.75) is 32.7 Å². The number of aryl methyl sites for hydroxylation is 1. The number of hydrogen-bond donors (Lipinski definition) is 2. The normalized spacial score (nSPS) is 14.6. The molecule has 0 spiro atoms. The van der Waals surface area contributed by atoms with Crippen LogP contribution in [0.3, 0.4) is 0 Å². The Bertz CT molecular complexity index is 880. The molecule has 0 saturated carbocycles. The van der Waals surface area contributed by atoms with Crippen LogP contribution in [0.4, 0.5) is 5.69 Å². The Morgan fingerprint density at radius 2 is 1.89 bits per heavy atom. The summed E-state index contributed by atoms with van der Waals surface area (Å²) in [7, 11) is 0. The number of benzene rings is 2. The molecule has 1 aliphatic heterocycles. The van der Waals surface area contributed by atoms with Crippen LogP contribution in [-0.2, 0) is 9.59 Å². The molecule has 1 fully saturated rings. The predicted octanol–water partition coefficient (Wildman–Crippen LogP) is 3.05. The van der Waals surface area contributed by atoms with Crippen molar-refractivity contribution in [2.75, 3.05) is 18.4 Å². The van der Waals surface area contributed by atoms with E-state index < -0.39 is 0 Å². The summed E-state index contributed by atoms with van der Waals surface area (Å²) in [6.45, 7) is 4.47. The van der Waals surface area contributed by atoms with E-state index in [1.165, 1.54) is 6.92 Å². The number of amides is 3. The maximum absolute atomic E-state index is 12.9. The van der Waals surface area contributed by atoms with Gasteiger partial charge >= 0.3 is 0 Å². The van der Waals surface area contributed by atoms with Crippen molar-refractivity contribution in [3.05, 3.63) is 65.2 Å². The fourth-order valence-electron chi connectivity index (χ4n) is 3.37. The topological polar surface area (TPSA) is 78.5 Å². The number of anilines is 1. The van der Waals surface area contributed by atoms with Gasteiger partial charge in [0.2, 0.25) is 11.8 Å². The van der Waals surface area contributed by atoms with Gasteiger partial charge in [-0.3, -0.25) is 14.4 Å². The Hall–Kier alpha value is -3.15. The van der Waals surface area contributed by atoms with Crippen molar-refractivity contribution in [2.24, 2.45) is 0 Å². The van der Waals surface area contributed by atoms with Crippen LogP contribution in [0, 0.1) is 6.92 Å². The van der Waals surface area contributed by atoms with E-state index in [-0.39, 0.29) is 23.8 Å². The molecule has 28 heavy (non-hydrogen) atoms. The Labute approximate surface area is 164 Å². The van der Waals surface area contributed by atoms with Gasteiger partial charge < -0.3 is 15.5 Å². The second kappa shape index (κ2) is 8.69. The average molecular weight is 379 g/mol. The highest BCUT2D eigenvalue weighted by Crippen LogP contribution is 2.21. The average Bonchev–Trinajstić information content (AvgIpc) is 3.08. The zero-order chi connectivity index (χ0) is 20.1. The van der Waals surface area contributed by atoms with E-state index in [4.69, 9.17) is 0 Å². The molecular weight excluding hydrogens is 354 g/mol. The minimum atomic E-state index is -0.304. The first kappa shape index (κ1) is 19.6. The Morgan fingerprint density at radius 1 is 1.14 bits per heavy atom. The molecule has 1 atom stereocenters. The lowest BCUT2D eigenvalue weighted by atomic mass is 10.0. The summed E-state index contributed by atoms with van der Waals surface area (Å²) in [5, 5.41) is 5.80. The number of carbonyl (C=O) groups is 3. The fraction of sp³-hybridized carbons (Fsp3) is 0.318. The second-order valence-electron chi connectivity index (χ2n) is 7.09. The van der Waals surface area contributed by atoms with Crippen LogP contribution in [0.15, 0.2) is 48.5 Å². The van der Waals surface area contributed by atoms with Gasteiger partial charge in [0.05, 0.1) is 6.04 Å². The van der Waals surface area contributed by atoms with Gasteiger partial charge in [-0.1, -0.05) is 36.4 Å². The molecule has 6 heteroatoms. The van der Waals surface area contributed by atoms with E-state index in [0.717, 1.165) is 24.1 Å². The number of likely N-dealkylation sites (tertiary alicyclic amines) is 1. The summed E-state index contributed by atoms with van der Waals surface area (Å²) in [5.41, 5.74) is 2.91. The summed E-state index contributed by atoms with van der Waals surface area (Å²) in [6.07, 6.45) is 1.42. The molecule has 0 bridgehead atoms. The van der Waals surface area contributed by atoms with Gasteiger partial charge in [-0.05, 0) is 36.6 Å². The molecule has 1 aliphatic rings. The Kier molecular flexibility index (Phi) is 6.09. The first-order chi connectivity index (χ1) is 13.4. The Morgan fingerprint density at radius 3 is 2.54 bits per heavy atom. The lowest BCUT2D eigenvalue weighted by molar-refractivity contribution is -0.128. The number of hydrogen-bond acceptors (Lipinski definition) is 3. The highest BCUT2D eigenvalue weighted by molar-refractivity contribution is 5.97. The van der Waals surface area contributed by atoms with Crippen molar-refractivity contribution >= 4 is 23.4 Å². The van der Waals surface area contributed by atoms with Crippen LogP contribution in [0.2, 0.25) is 0 Å². The molecule has 1 unspecified atom stereocenters. The van der Waals surface area contributed by atoms with Crippen LogP contribution in [0.25, 0.3) is 0 Å². The zero-order valence-corrected chi connectivity index (χ0v) is 16.2. The smallest absolute Gasteiger partial charge is 0.251 e. The summed E-state index contributed by atoms with van der Waals surface area (Å²) in [6, 6.07) is 14.6. The van der Waals surface area contributed by atoms with Crippen LogP contribution in [0.1, 0.15) is 47.3 Å². The van der Waals surface area contributed by atoms with Crippen molar-refractivity contribution in [1.82, 2.24) is 10.2 Å². The number of carbonyl (C=O) groups excluding carboxylic acids is 3. The second-order valence-corrected chi connectivity index (χ2v) is 7.09. The molecule has 3 rings (SSSR count). The van der Waals surface area contributed by atoms with Gasteiger partial charge in [-0.25, -0.2) is 0 Å². The van der Waals surface area contributed by atoms with Gasteiger partial charge in [0, 0.05) is 37.7 Å². The van der Waals surface area contributed by atoms with E-state index in [2.05, 4.69) is 10.6 Å². The maximum atomic E-state index is 12.9. The van der Waals surface area contributed by atoms with E-state index in [1.54, 1.807) is 17.0 Å². The van der Waals surface area contributed by atoms with Crippen LogP contribution >= 0.6 is 0 Å². The molecule has 1 saturated heterocycles. The first-order valence-electron chi connectivity index (χ1n) is 9.46. The van der Waals surface area contributed by atoms with Gasteiger partial charge in [0.15, 0.2) is 0 Å². The van der Waals surface area contributed by atoms with E-state index in [1.807, 2.05) is 43.3 Å². The SMILES string of the molecule is CC(=O)Nc1cc(C(=O)NC(CN2CCCC2=O)c2ccccc2)ccc1C. The molecule has 3 amide bonds. The third kappa shape index (κ3) is 4.76. The lowest BCUT2D eigenvalue weighted by Crippen LogP contribution is -2.38. The highest BCUT2D eigenvalue weighted by Gasteiger charge is 2.25. The van der Waals surface area contributed by atoms with Crippen LogP contribution < -0.4 is 10.6 Å². The maximum Gasteiger partial charge on any atom is 0.251 e. The lowest BCUT2D eigenvalue weighted by Gasteiger charge is -2.25. The van der Waals surface area contributed by atoms with Crippen molar-refractivity contribution < 1.29 is 14.4 Å². The molecule has 0 aliphatic carbocycles. The van der Waals surface area contributed by atoms with Crippen molar-refractivity contribution in [3.63, 3.8) is 0 Å². The number of nitrogens with one attached hydrogen (secondary N) is 2. The fourth-order valence-corrected chi connectivity index (χ4v) is 3.37.